The van der Waals surface area contributed by atoms with Gasteiger partial charge < -0.3 is 10.1 Å². The lowest BCUT2D eigenvalue weighted by molar-refractivity contribution is 0.212. The molecular weight excluding hydrogens is 326 g/mol. The Morgan fingerprint density at radius 1 is 1.00 bits per heavy atom. The van der Waals surface area contributed by atoms with Gasteiger partial charge in [0.05, 0.1) is 12.2 Å². The topological polar surface area (TPSA) is 21.3 Å². The summed E-state index contributed by atoms with van der Waals surface area (Å²) in [5.74, 6) is 0.905. The van der Waals surface area contributed by atoms with Crippen LogP contribution in [0.15, 0.2) is 65.1 Å². The highest BCUT2D eigenvalue weighted by molar-refractivity contribution is 9.10. The highest BCUT2D eigenvalue weighted by Crippen LogP contribution is 2.37. The first kappa shape index (κ1) is 12.7. The summed E-state index contributed by atoms with van der Waals surface area (Å²) in [4.78, 5) is 0. The van der Waals surface area contributed by atoms with Crippen molar-refractivity contribution in [2.45, 2.75) is 6.10 Å². The molecule has 0 bridgehead atoms. The molecule has 3 heteroatoms. The second-order valence-electron chi connectivity index (χ2n) is 5.20. The number of ether oxygens (including phenoxy) is 1. The SMILES string of the molecule is Brc1ccc2c(c1)NCC(c1cccc3ccccc13)O2. The Morgan fingerprint density at radius 3 is 2.81 bits per heavy atom. The van der Waals surface area contributed by atoms with Gasteiger partial charge in [-0.15, -0.1) is 0 Å². The fourth-order valence-corrected chi connectivity index (χ4v) is 3.21. The molecule has 0 saturated carbocycles. The molecular formula is C18H14BrNO. The van der Waals surface area contributed by atoms with Gasteiger partial charge in [-0.05, 0) is 29.0 Å². The van der Waals surface area contributed by atoms with Crippen LogP contribution in [-0.4, -0.2) is 6.54 Å². The summed E-state index contributed by atoms with van der Waals surface area (Å²) in [5, 5.41) is 5.97. The number of hydrogen-bond donors (Lipinski definition) is 1. The molecule has 0 spiro atoms. The molecule has 1 atom stereocenters. The van der Waals surface area contributed by atoms with Gasteiger partial charge in [0.15, 0.2) is 0 Å². The van der Waals surface area contributed by atoms with Crippen LogP contribution in [0.5, 0.6) is 5.75 Å². The van der Waals surface area contributed by atoms with Gasteiger partial charge in [-0.25, -0.2) is 0 Å². The van der Waals surface area contributed by atoms with E-state index < -0.39 is 0 Å². The summed E-state index contributed by atoms with van der Waals surface area (Å²) in [6, 6.07) is 20.9. The molecule has 0 aliphatic carbocycles. The van der Waals surface area contributed by atoms with E-state index in [9.17, 15) is 0 Å². The van der Waals surface area contributed by atoms with Gasteiger partial charge >= 0.3 is 0 Å². The van der Waals surface area contributed by atoms with Gasteiger partial charge in [-0.2, -0.15) is 0 Å². The smallest absolute Gasteiger partial charge is 0.143 e. The number of anilines is 1. The van der Waals surface area contributed by atoms with E-state index in [0.717, 1.165) is 22.5 Å². The standard InChI is InChI=1S/C18H14BrNO/c19-13-8-9-17-16(10-13)20-11-18(21-17)15-7-3-5-12-4-1-2-6-14(12)15/h1-10,18,20H,11H2. The molecule has 0 saturated heterocycles. The van der Waals surface area contributed by atoms with Crippen LogP contribution in [0, 0.1) is 0 Å². The van der Waals surface area contributed by atoms with Crippen LogP contribution in [0.1, 0.15) is 11.7 Å². The second kappa shape index (κ2) is 5.08. The highest BCUT2D eigenvalue weighted by atomic mass is 79.9. The van der Waals surface area contributed by atoms with E-state index in [0.29, 0.717) is 0 Å². The molecule has 4 rings (SSSR count). The number of halogens is 1. The number of hydrogen-bond acceptors (Lipinski definition) is 2. The lowest BCUT2D eigenvalue weighted by Gasteiger charge is -2.28. The summed E-state index contributed by atoms with van der Waals surface area (Å²) >= 11 is 3.49. The average molecular weight is 340 g/mol. The van der Waals surface area contributed by atoms with E-state index in [2.05, 4.69) is 69.8 Å². The molecule has 21 heavy (non-hydrogen) atoms. The normalized spacial score (nSPS) is 16.9. The Hall–Kier alpha value is -2.00. The van der Waals surface area contributed by atoms with E-state index in [-0.39, 0.29) is 6.10 Å². The molecule has 3 aromatic rings. The van der Waals surface area contributed by atoms with Gasteiger partial charge in [-0.1, -0.05) is 58.4 Å². The van der Waals surface area contributed by atoms with E-state index in [1.807, 2.05) is 12.1 Å². The van der Waals surface area contributed by atoms with Gasteiger partial charge in [0.1, 0.15) is 11.9 Å². The Kier molecular flexibility index (Phi) is 3.08. The molecule has 2 nitrogen and oxygen atoms in total. The largest absolute Gasteiger partial charge is 0.482 e. The van der Waals surface area contributed by atoms with Crippen LogP contribution in [-0.2, 0) is 0 Å². The summed E-state index contributed by atoms with van der Waals surface area (Å²) in [6.07, 6.45) is 0.0322. The van der Waals surface area contributed by atoms with Crippen molar-refractivity contribution >= 4 is 32.4 Å². The van der Waals surface area contributed by atoms with Crippen molar-refractivity contribution in [3.8, 4) is 5.75 Å². The van der Waals surface area contributed by atoms with Crippen LogP contribution in [0.3, 0.4) is 0 Å². The summed E-state index contributed by atoms with van der Waals surface area (Å²) in [6.45, 7) is 0.775. The van der Waals surface area contributed by atoms with Gasteiger partial charge in [0.2, 0.25) is 0 Å². The zero-order chi connectivity index (χ0) is 14.2. The first-order valence-corrected chi connectivity index (χ1v) is 7.78. The quantitative estimate of drug-likeness (QED) is 0.662. The Labute approximate surface area is 131 Å². The van der Waals surface area contributed by atoms with E-state index in [1.165, 1.54) is 16.3 Å². The third kappa shape index (κ3) is 2.28. The molecule has 0 fully saturated rings. The highest BCUT2D eigenvalue weighted by Gasteiger charge is 2.22. The van der Waals surface area contributed by atoms with Crippen molar-refractivity contribution < 1.29 is 4.74 Å². The summed E-state index contributed by atoms with van der Waals surface area (Å²) in [7, 11) is 0. The maximum absolute atomic E-state index is 6.20. The predicted octanol–water partition coefficient (Wildman–Crippen LogP) is 5.15. The third-order valence-corrected chi connectivity index (χ3v) is 4.35. The van der Waals surface area contributed by atoms with Crippen molar-refractivity contribution in [1.29, 1.82) is 0 Å². The zero-order valence-corrected chi connectivity index (χ0v) is 12.9. The van der Waals surface area contributed by atoms with E-state index in [4.69, 9.17) is 4.74 Å². The van der Waals surface area contributed by atoms with Crippen molar-refractivity contribution in [2.75, 3.05) is 11.9 Å². The molecule has 0 amide bonds. The van der Waals surface area contributed by atoms with E-state index in [1.54, 1.807) is 0 Å². The molecule has 1 aliphatic heterocycles. The number of nitrogens with one attached hydrogen (secondary N) is 1. The third-order valence-electron chi connectivity index (χ3n) is 3.86. The lowest BCUT2D eigenvalue weighted by atomic mass is 9.99. The van der Waals surface area contributed by atoms with Crippen LogP contribution in [0.2, 0.25) is 0 Å². The fourth-order valence-electron chi connectivity index (χ4n) is 2.85. The Balaban J connectivity index is 1.76. The molecule has 104 valence electrons. The number of rotatable bonds is 1. The minimum absolute atomic E-state index is 0.0322. The minimum atomic E-state index is 0.0322. The molecule has 0 aromatic heterocycles. The van der Waals surface area contributed by atoms with Gasteiger partial charge in [-0.3, -0.25) is 0 Å². The number of fused-ring (bicyclic) bond motifs is 2. The Morgan fingerprint density at radius 2 is 1.86 bits per heavy atom. The fraction of sp³-hybridized carbons (Fsp3) is 0.111. The summed E-state index contributed by atoms with van der Waals surface area (Å²) in [5.41, 5.74) is 2.27. The van der Waals surface area contributed by atoms with Gasteiger partial charge in [0.25, 0.3) is 0 Å². The van der Waals surface area contributed by atoms with Crippen molar-refractivity contribution in [1.82, 2.24) is 0 Å². The Bertz CT molecular complexity index is 810. The number of benzene rings is 3. The van der Waals surface area contributed by atoms with Crippen LogP contribution < -0.4 is 10.1 Å². The van der Waals surface area contributed by atoms with E-state index >= 15 is 0 Å². The minimum Gasteiger partial charge on any atom is -0.482 e. The zero-order valence-electron chi connectivity index (χ0n) is 11.3. The molecule has 3 aromatic carbocycles. The molecule has 1 aliphatic rings. The first-order valence-electron chi connectivity index (χ1n) is 6.99. The first-order chi connectivity index (χ1) is 10.3. The predicted molar refractivity (Wildman–Crippen MR) is 89.9 cm³/mol. The average Bonchev–Trinajstić information content (AvgIpc) is 2.54. The van der Waals surface area contributed by atoms with Crippen LogP contribution >= 0.6 is 15.9 Å². The maximum atomic E-state index is 6.20. The molecule has 1 N–H and O–H groups in total. The van der Waals surface area contributed by atoms with Crippen molar-refractivity contribution in [3.63, 3.8) is 0 Å². The molecule has 1 heterocycles. The lowest BCUT2D eigenvalue weighted by Crippen LogP contribution is -2.23. The molecule has 0 radical (unpaired) electrons. The second-order valence-corrected chi connectivity index (χ2v) is 6.11. The summed E-state index contributed by atoms with van der Waals surface area (Å²) < 4.78 is 7.25. The van der Waals surface area contributed by atoms with Gasteiger partial charge in [0, 0.05) is 10.0 Å². The molecule has 1 unspecified atom stereocenters. The van der Waals surface area contributed by atoms with Crippen molar-refractivity contribution in [2.24, 2.45) is 0 Å². The monoisotopic (exact) mass is 339 g/mol. The maximum Gasteiger partial charge on any atom is 0.143 e. The van der Waals surface area contributed by atoms with Crippen LogP contribution in [0.25, 0.3) is 10.8 Å². The van der Waals surface area contributed by atoms with Crippen molar-refractivity contribution in [3.05, 3.63) is 70.7 Å². The van der Waals surface area contributed by atoms with Crippen LogP contribution in [0.4, 0.5) is 5.69 Å².